The molecule has 3 atom stereocenters. The van der Waals surface area contributed by atoms with Crippen molar-refractivity contribution >= 4 is 88.9 Å². The lowest BCUT2D eigenvalue weighted by molar-refractivity contribution is -0.140. The number of carbonyl (C=O) groups is 11. The summed E-state index contributed by atoms with van der Waals surface area (Å²) in [5, 5.41) is 17.5. The van der Waals surface area contributed by atoms with Gasteiger partial charge in [0.1, 0.15) is 0 Å². The largest absolute Gasteiger partial charge is 0.450 e. The van der Waals surface area contributed by atoms with Crippen LogP contribution in [0, 0.1) is 0 Å². The number of nitrogens with one attached hydrogen (secondary N) is 7. The Hall–Kier alpha value is -5.13. The second kappa shape index (κ2) is 31.7. The second-order valence-electron chi connectivity index (χ2n) is 14.2. The van der Waals surface area contributed by atoms with Crippen LogP contribution in [0.5, 0.6) is 0 Å². The monoisotopic (exact) mass is 931 g/mol. The van der Waals surface area contributed by atoms with Gasteiger partial charge in [0.25, 0.3) is 0 Å². The predicted octanol–water partition coefficient (Wildman–Crippen LogP) is -0.465. The molecule has 0 aromatic heterocycles. The van der Waals surface area contributed by atoms with E-state index < -0.39 is 34.3 Å². The van der Waals surface area contributed by atoms with E-state index in [0.717, 1.165) is 29.1 Å². The quantitative estimate of drug-likeness (QED) is 0.0405. The maximum Gasteiger partial charge on any atom is 0.407 e. The molecule has 11 amide bonds. The van der Waals surface area contributed by atoms with Gasteiger partial charge in [-0.15, -0.1) is 0 Å². The minimum absolute atomic E-state index is 0.0122. The van der Waals surface area contributed by atoms with Crippen molar-refractivity contribution in [3.05, 3.63) is 0 Å². The standard InChI is InChI=1S/C27H41N7O9S2.C12H24N2O4/c1-16(35)32-17(12-22(38)30-8-6-28-20(36)4-10-33-24(40)14-18(44-2)26(33)42)13-23(39)31-9-7-29-21(37)5-11-34-25(41)15-19(45-3)27(34)43;1-4-17-11(15)13-9-7-6-8-10(3)14-12(16)18-5-2/h17-19H,4-15H2,1-3H3,(H,28,36)(H,29,37)(H,30,38)(H,31,39)(H,32,35);10H,4-9H2,1-3H3,(H,13,15)(H,14,16). The van der Waals surface area contributed by atoms with E-state index in [2.05, 4.69) is 37.2 Å². The van der Waals surface area contributed by atoms with E-state index in [1.54, 1.807) is 26.4 Å². The van der Waals surface area contributed by atoms with Crippen LogP contribution in [0.15, 0.2) is 0 Å². The highest BCUT2D eigenvalue weighted by Crippen LogP contribution is 2.24. The molecule has 0 saturated carbocycles. The first kappa shape index (κ1) is 55.9. The number of likely N-dealkylation sites (tertiary alicyclic amines) is 2. The first-order valence-electron chi connectivity index (χ1n) is 20.9. The molecule has 0 aromatic rings. The number of nitrogens with zero attached hydrogens (tertiary/aromatic N) is 2. The molecule has 2 heterocycles. The molecule has 2 fully saturated rings. The van der Waals surface area contributed by atoms with Gasteiger partial charge in [0, 0.05) is 103 Å². The average Bonchev–Trinajstić information content (AvgIpc) is 3.66. The summed E-state index contributed by atoms with van der Waals surface area (Å²) in [7, 11) is 0. The molecule has 63 heavy (non-hydrogen) atoms. The Balaban J connectivity index is 0.000000924. The van der Waals surface area contributed by atoms with Gasteiger partial charge in [0.2, 0.25) is 53.2 Å². The van der Waals surface area contributed by atoms with Crippen molar-refractivity contribution in [1.82, 2.24) is 47.0 Å². The van der Waals surface area contributed by atoms with Crippen LogP contribution in [0.25, 0.3) is 0 Å². The summed E-state index contributed by atoms with van der Waals surface area (Å²) in [6, 6.07) is -0.723. The molecule has 0 aliphatic carbocycles. The normalized spacial score (nSPS) is 16.5. The van der Waals surface area contributed by atoms with Crippen LogP contribution >= 0.6 is 23.5 Å². The topological polar surface area (TPSA) is 297 Å². The van der Waals surface area contributed by atoms with Crippen LogP contribution in [-0.2, 0) is 52.6 Å². The van der Waals surface area contributed by atoms with Crippen molar-refractivity contribution in [3.8, 4) is 0 Å². The van der Waals surface area contributed by atoms with Crippen LogP contribution in [0.3, 0.4) is 0 Å². The summed E-state index contributed by atoms with van der Waals surface area (Å²) in [5.74, 6) is -3.33. The number of amides is 11. The van der Waals surface area contributed by atoms with Crippen molar-refractivity contribution in [1.29, 1.82) is 0 Å². The summed E-state index contributed by atoms with van der Waals surface area (Å²) < 4.78 is 9.50. The summed E-state index contributed by atoms with van der Waals surface area (Å²) in [6.45, 7) is 8.39. The van der Waals surface area contributed by atoms with Crippen LogP contribution < -0.4 is 37.2 Å². The molecule has 2 aliphatic heterocycles. The molecule has 22 nitrogen and oxygen atoms in total. The number of hydrogen-bond donors (Lipinski definition) is 7. The fourth-order valence-corrected chi connectivity index (χ4v) is 7.28. The molecule has 3 unspecified atom stereocenters. The van der Waals surface area contributed by atoms with E-state index in [1.165, 1.54) is 30.4 Å². The number of carbonyl (C=O) groups excluding carboxylic acids is 11. The Morgan fingerprint density at radius 1 is 0.619 bits per heavy atom. The molecular weight excluding hydrogens is 867 g/mol. The van der Waals surface area contributed by atoms with Crippen LogP contribution in [0.4, 0.5) is 9.59 Å². The summed E-state index contributed by atoms with van der Waals surface area (Å²) in [5.41, 5.74) is 0. The minimum Gasteiger partial charge on any atom is -0.450 e. The van der Waals surface area contributed by atoms with Crippen LogP contribution in [-0.4, -0.2) is 169 Å². The Kier molecular flexibility index (Phi) is 28.1. The van der Waals surface area contributed by atoms with Gasteiger partial charge in [0.05, 0.1) is 23.7 Å². The third-order valence-corrected chi connectivity index (χ3v) is 11.0. The molecule has 356 valence electrons. The first-order chi connectivity index (χ1) is 29.9. The maximum absolute atomic E-state index is 12.4. The van der Waals surface area contributed by atoms with Crippen molar-refractivity contribution in [2.75, 3.05) is 71.5 Å². The molecule has 2 saturated heterocycles. The Bertz CT molecular complexity index is 1510. The number of imide groups is 2. The van der Waals surface area contributed by atoms with Gasteiger partial charge in [-0.1, -0.05) is 0 Å². The van der Waals surface area contributed by atoms with Gasteiger partial charge in [-0.05, 0) is 52.5 Å². The summed E-state index contributed by atoms with van der Waals surface area (Å²) in [6.07, 6.45) is 5.09. The number of hydrogen-bond acceptors (Lipinski definition) is 15. The first-order valence-corrected chi connectivity index (χ1v) is 23.4. The van der Waals surface area contributed by atoms with E-state index in [1.807, 2.05) is 6.92 Å². The molecule has 2 rings (SSSR count). The zero-order valence-corrected chi connectivity index (χ0v) is 38.7. The number of alkyl carbamates (subject to hydrolysis) is 2. The van der Waals surface area contributed by atoms with Gasteiger partial charge in [-0.3, -0.25) is 53.0 Å². The van der Waals surface area contributed by atoms with Crippen molar-refractivity contribution in [2.24, 2.45) is 0 Å². The van der Waals surface area contributed by atoms with Gasteiger partial charge in [0.15, 0.2) is 0 Å². The highest BCUT2D eigenvalue weighted by atomic mass is 32.2. The summed E-state index contributed by atoms with van der Waals surface area (Å²) >= 11 is 2.59. The molecular formula is C39H65N9O13S2. The molecule has 0 aromatic carbocycles. The van der Waals surface area contributed by atoms with Gasteiger partial charge in [-0.25, -0.2) is 9.59 Å². The molecule has 0 spiro atoms. The Morgan fingerprint density at radius 3 is 1.44 bits per heavy atom. The Labute approximate surface area is 376 Å². The smallest absolute Gasteiger partial charge is 0.407 e. The molecule has 2 aliphatic rings. The van der Waals surface area contributed by atoms with Crippen LogP contribution in [0.2, 0.25) is 0 Å². The molecule has 0 radical (unpaired) electrons. The van der Waals surface area contributed by atoms with Crippen LogP contribution in [0.1, 0.15) is 85.5 Å². The zero-order valence-electron chi connectivity index (χ0n) is 37.1. The summed E-state index contributed by atoms with van der Waals surface area (Å²) in [4.78, 5) is 133. The highest BCUT2D eigenvalue weighted by Gasteiger charge is 2.38. The lowest BCUT2D eigenvalue weighted by Gasteiger charge is -2.18. The third kappa shape index (κ3) is 23.8. The SMILES string of the molecule is CCOC(=O)NCCCCC(C)NC(=O)OCC.CSC1CC(=O)N(CCC(=O)NCCNC(=O)CC(CC(=O)NCCNC(=O)CCN2C(=O)CC(SC)C2=O)NC(C)=O)C1=O. The van der Waals surface area contributed by atoms with E-state index in [-0.39, 0.29) is 131 Å². The highest BCUT2D eigenvalue weighted by molar-refractivity contribution is 8.00. The van der Waals surface area contributed by atoms with E-state index in [0.29, 0.717) is 19.8 Å². The van der Waals surface area contributed by atoms with Gasteiger partial charge in [-0.2, -0.15) is 23.5 Å². The van der Waals surface area contributed by atoms with E-state index in [4.69, 9.17) is 9.47 Å². The van der Waals surface area contributed by atoms with Gasteiger partial charge < -0.3 is 46.7 Å². The predicted molar refractivity (Wildman–Crippen MR) is 234 cm³/mol. The fourth-order valence-electron chi connectivity index (χ4n) is 6.00. The van der Waals surface area contributed by atoms with E-state index >= 15 is 0 Å². The zero-order chi connectivity index (χ0) is 47.3. The number of thioether (sulfide) groups is 2. The maximum atomic E-state index is 12.4. The van der Waals surface area contributed by atoms with E-state index in [9.17, 15) is 52.7 Å². The molecule has 24 heteroatoms. The fraction of sp³-hybridized carbons (Fsp3) is 0.718. The van der Waals surface area contributed by atoms with Gasteiger partial charge >= 0.3 is 12.2 Å². The lowest BCUT2D eigenvalue weighted by Crippen LogP contribution is -2.43. The minimum atomic E-state index is -0.798. The number of rotatable bonds is 27. The lowest BCUT2D eigenvalue weighted by atomic mass is 10.1. The molecule has 7 N–H and O–H groups in total. The molecule has 0 bridgehead atoms. The van der Waals surface area contributed by atoms with Crippen molar-refractivity contribution < 1.29 is 62.2 Å². The second-order valence-corrected chi connectivity index (χ2v) is 16.3. The van der Waals surface area contributed by atoms with Crippen molar-refractivity contribution in [3.63, 3.8) is 0 Å². The van der Waals surface area contributed by atoms with Crippen molar-refractivity contribution in [2.45, 2.75) is 108 Å². The Morgan fingerprint density at radius 2 is 1.05 bits per heavy atom. The third-order valence-electron chi connectivity index (χ3n) is 9.16. The average molecular weight is 932 g/mol. The number of unbranched alkanes of at least 4 members (excludes halogenated alkanes) is 1. The number of ether oxygens (including phenoxy) is 2.